The predicted octanol–water partition coefficient (Wildman–Crippen LogP) is 0.868. The molecule has 0 spiro atoms. The van der Waals surface area contributed by atoms with Gasteiger partial charge in [0.05, 0.1) is 18.8 Å². The van der Waals surface area contributed by atoms with Gasteiger partial charge in [0.2, 0.25) is 0 Å². The zero-order valence-corrected chi connectivity index (χ0v) is 14.5. The van der Waals surface area contributed by atoms with Crippen LogP contribution in [0.5, 0.6) is 0 Å². The van der Waals surface area contributed by atoms with Gasteiger partial charge in [-0.3, -0.25) is 0 Å². The van der Waals surface area contributed by atoms with Gasteiger partial charge in [0, 0.05) is 0 Å². The highest BCUT2D eigenvalue weighted by Crippen LogP contribution is 2.26. The lowest BCUT2D eigenvalue weighted by Crippen LogP contribution is -2.60. The average molecular weight is 374 g/mol. The maximum Gasteiger partial charge on any atom is 0.338 e. The summed E-state index contributed by atoms with van der Waals surface area (Å²) in [6, 6.07) is 17.5. The van der Waals surface area contributed by atoms with E-state index in [0.717, 1.165) is 5.56 Å². The number of aliphatic hydroxyl groups excluding tert-OH is 3. The molecule has 2 aromatic rings. The van der Waals surface area contributed by atoms with Crippen molar-refractivity contribution in [1.29, 1.82) is 0 Å². The van der Waals surface area contributed by atoms with Crippen LogP contribution in [0.25, 0.3) is 0 Å². The Kier molecular flexibility index (Phi) is 6.54. The molecule has 27 heavy (non-hydrogen) atoms. The molecule has 1 saturated heterocycles. The Morgan fingerprint density at radius 1 is 0.963 bits per heavy atom. The van der Waals surface area contributed by atoms with Crippen LogP contribution in [0.1, 0.15) is 15.9 Å². The minimum atomic E-state index is -1.58. The average Bonchev–Trinajstić information content (AvgIpc) is 2.71. The van der Waals surface area contributed by atoms with Crippen molar-refractivity contribution in [2.45, 2.75) is 37.3 Å². The molecule has 144 valence electrons. The normalized spacial score (nSPS) is 27.9. The van der Waals surface area contributed by atoms with E-state index in [4.69, 9.17) is 14.2 Å². The van der Waals surface area contributed by atoms with Crippen molar-refractivity contribution in [2.75, 3.05) is 6.61 Å². The Labute approximate surface area is 156 Å². The van der Waals surface area contributed by atoms with Crippen LogP contribution in [0.15, 0.2) is 60.7 Å². The van der Waals surface area contributed by atoms with Crippen LogP contribution in [0.4, 0.5) is 0 Å². The number of hydrogen-bond acceptors (Lipinski definition) is 7. The summed E-state index contributed by atoms with van der Waals surface area (Å²) in [4.78, 5) is 12.3. The van der Waals surface area contributed by atoms with Crippen LogP contribution in [0.2, 0.25) is 0 Å². The van der Waals surface area contributed by atoms with Crippen molar-refractivity contribution in [2.24, 2.45) is 0 Å². The number of carbonyl (C=O) groups is 1. The molecule has 2 unspecified atom stereocenters. The monoisotopic (exact) mass is 374 g/mol. The molecule has 1 aliphatic rings. The third kappa shape index (κ3) is 4.71. The standard InChI is InChI=1S/C20H22O7/c21-11-15-17(25-12-13-7-3-1-4-8-13)16(22)18(20(24)26-15)27-19(23)14-9-5-2-6-10-14/h1-10,15-18,20-22,24H,11-12H2/t15?,16-,17-,18?,20-/m0/s1. The van der Waals surface area contributed by atoms with Crippen LogP contribution < -0.4 is 0 Å². The van der Waals surface area contributed by atoms with E-state index in [1.807, 2.05) is 30.3 Å². The molecule has 5 atom stereocenters. The first-order chi connectivity index (χ1) is 13.1. The van der Waals surface area contributed by atoms with Gasteiger partial charge in [-0.25, -0.2) is 4.79 Å². The largest absolute Gasteiger partial charge is 0.450 e. The second-order valence-electron chi connectivity index (χ2n) is 6.24. The van der Waals surface area contributed by atoms with E-state index in [1.54, 1.807) is 30.3 Å². The lowest BCUT2D eigenvalue weighted by Gasteiger charge is -2.41. The van der Waals surface area contributed by atoms with Crippen molar-refractivity contribution in [3.05, 3.63) is 71.8 Å². The molecular formula is C20H22O7. The van der Waals surface area contributed by atoms with Gasteiger partial charge in [0.15, 0.2) is 12.4 Å². The van der Waals surface area contributed by atoms with E-state index in [1.165, 1.54) is 0 Å². The SMILES string of the molecule is O=C(OC1[C@@H](O)[C@@H](OCc2ccccc2)C(CO)O[C@@H]1O)c1ccccc1. The van der Waals surface area contributed by atoms with Crippen LogP contribution in [-0.4, -0.2) is 58.6 Å². The number of rotatable bonds is 6. The van der Waals surface area contributed by atoms with Crippen LogP contribution in [0, 0.1) is 0 Å². The Morgan fingerprint density at radius 2 is 1.59 bits per heavy atom. The number of ether oxygens (including phenoxy) is 3. The lowest BCUT2D eigenvalue weighted by molar-refractivity contribution is -0.294. The minimum absolute atomic E-state index is 0.165. The fourth-order valence-electron chi connectivity index (χ4n) is 2.92. The Bertz CT molecular complexity index is 722. The first-order valence-corrected chi connectivity index (χ1v) is 8.64. The van der Waals surface area contributed by atoms with Crippen LogP contribution in [0.3, 0.4) is 0 Å². The van der Waals surface area contributed by atoms with Crippen molar-refractivity contribution in [1.82, 2.24) is 0 Å². The van der Waals surface area contributed by atoms with Gasteiger partial charge in [-0.05, 0) is 17.7 Å². The summed E-state index contributed by atoms with van der Waals surface area (Å²) in [7, 11) is 0. The third-order valence-corrected chi connectivity index (χ3v) is 4.35. The van der Waals surface area contributed by atoms with E-state index >= 15 is 0 Å². The molecule has 7 heteroatoms. The first kappa shape index (κ1) is 19.5. The molecule has 0 aromatic heterocycles. The highest BCUT2D eigenvalue weighted by atomic mass is 16.7. The molecule has 0 saturated carbocycles. The molecule has 1 heterocycles. The molecule has 2 aromatic carbocycles. The maximum atomic E-state index is 12.3. The topological polar surface area (TPSA) is 105 Å². The van der Waals surface area contributed by atoms with Gasteiger partial charge < -0.3 is 29.5 Å². The fraction of sp³-hybridized carbons (Fsp3) is 0.350. The molecular weight excluding hydrogens is 352 g/mol. The summed E-state index contributed by atoms with van der Waals surface area (Å²) < 4.78 is 16.3. The van der Waals surface area contributed by atoms with Crippen molar-refractivity contribution in [3.63, 3.8) is 0 Å². The number of benzene rings is 2. The second kappa shape index (κ2) is 9.07. The van der Waals surface area contributed by atoms with Gasteiger partial charge in [0.25, 0.3) is 0 Å². The fourth-order valence-corrected chi connectivity index (χ4v) is 2.92. The highest BCUT2D eigenvalue weighted by molar-refractivity contribution is 5.89. The minimum Gasteiger partial charge on any atom is -0.450 e. The van der Waals surface area contributed by atoms with E-state index in [2.05, 4.69) is 0 Å². The Morgan fingerprint density at radius 3 is 2.22 bits per heavy atom. The number of hydrogen-bond donors (Lipinski definition) is 3. The quantitative estimate of drug-likeness (QED) is 0.644. The molecule has 0 bridgehead atoms. The zero-order chi connectivity index (χ0) is 19.2. The highest BCUT2D eigenvalue weighted by Gasteiger charge is 2.47. The molecule has 0 amide bonds. The van der Waals surface area contributed by atoms with Crippen LogP contribution >= 0.6 is 0 Å². The summed E-state index contributed by atoms with van der Waals surface area (Å²) in [5, 5.41) is 30.2. The maximum absolute atomic E-state index is 12.3. The van der Waals surface area contributed by atoms with Crippen molar-refractivity contribution < 1.29 is 34.3 Å². The summed E-state index contributed by atoms with van der Waals surface area (Å²) in [6.07, 6.45) is -6.23. The second-order valence-corrected chi connectivity index (χ2v) is 6.24. The van der Waals surface area contributed by atoms with E-state index in [9.17, 15) is 20.1 Å². The first-order valence-electron chi connectivity index (χ1n) is 8.64. The molecule has 0 aliphatic carbocycles. The van der Waals surface area contributed by atoms with Crippen molar-refractivity contribution >= 4 is 5.97 Å². The summed E-state index contributed by atoms with van der Waals surface area (Å²) in [5.41, 5.74) is 1.15. The summed E-state index contributed by atoms with van der Waals surface area (Å²) in [5.74, 6) is -0.702. The lowest BCUT2D eigenvalue weighted by atomic mass is 9.98. The molecule has 1 aliphatic heterocycles. The third-order valence-electron chi connectivity index (χ3n) is 4.35. The van der Waals surface area contributed by atoms with E-state index in [0.29, 0.717) is 0 Å². The number of carbonyl (C=O) groups excluding carboxylic acids is 1. The van der Waals surface area contributed by atoms with Gasteiger partial charge in [-0.15, -0.1) is 0 Å². The van der Waals surface area contributed by atoms with Gasteiger partial charge >= 0.3 is 5.97 Å². The van der Waals surface area contributed by atoms with Gasteiger partial charge in [-0.1, -0.05) is 48.5 Å². The van der Waals surface area contributed by atoms with Crippen molar-refractivity contribution in [3.8, 4) is 0 Å². The molecule has 1 fully saturated rings. The summed E-state index contributed by atoms with van der Waals surface area (Å²) in [6.45, 7) is -0.301. The Hall–Kier alpha value is -2.29. The van der Waals surface area contributed by atoms with Gasteiger partial charge in [0.1, 0.15) is 18.3 Å². The number of aliphatic hydroxyl groups is 3. The van der Waals surface area contributed by atoms with Crippen LogP contribution in [-0.2, 0) is 20.8 Å². The molecule has 7 nitrogen and oxygen atoms in total. The van der Waals surface area contributed by atoms with E-state index < -0.39 is 43.3 Å². The van der Waals surface area contributed by atoms with E-state index in [-0.39, 0.29) is 12.2 Å². The molecule has 3 rings (SSSR count). The number of esters is 1. The molecule has 3 N–H and O–H groups in total. The van der Waals surface area contributed by atoms with Gasteiger partial charge in [-0.2, -0.15) is 0 Å². The Balaban J connectivity index is 1.70. The molecule has 0 radical (unpaired) electrons. The zero-order valence-electron chi connectivity index (χ0n) is 14.5. The smallest absolute Gasteiger partial charge is 0.338 e. The summed E-state index contributed by atoms with van der Waals surface area (Å²) >= 11 is 0. The predicted molar refractivity (Wildman–Crippen MR) is 94.6 cm³/mol.